The van der Waals surface area contributed by atoms with Gasteiger partial charge in [0.05, 0.1) is 36.2 Å². The Morgan fingerprint density at radius 3 is 2.20 bits per heavy atom. The van der Waals surface area contributed by atoms with Crippen molar-refractivity contribution in [1.82, 2.24) is 4.90 Å². The Hall–Kier alpha value is -2.19. The molecule has 0 aromatic heterocycles. The summed E-state index contributed by atoms with van der Waals surface area (Å²) < 4.78 is 0. The molecule has 0 aliphatic carbocycles. The Morgan fingerprint density at radius 2 is 1.75 bits per heavy atom. The van der Waals surface area contributed by atoms with E-state index in [4.69, 9.17) is 5.26 Å². The van der Waals surface area contributed by atoms with Gasteiger partial charge in [-0.1, -0.05) is 12.1 Å². The first-order chi connectivity index (χ1) is 9.56. The van der Waals surface area contributed by atoms with Gasteiger partial charge in [0.15, 0.2) is 6.67 Å². The highest BCUT2D eigenvalue weighted by Crippen LogP contribution is 2.21. The van der Waals surface area contributed by atoms with E-state index in [1.807, 2.05) is 13.8 Å². The van der Waals surface area contributed by atoms with Crippen molar-refractivity contribution in [1.29, 1.82) is 5.26 Å². The van der Waals surface area contributed by atoms with Gasteiger partial charge in [0.2, 0.25) is 0 Å². The van der Waals surface area contributed by atoms with Crippen molar-refractivity contribution in [2.45, 2.75) is 26.3 Å². The van der Waals surface area contributed by atoms with Crippen molar-refractivity contribution in [3.63, 3.8) is 0 Å². The maximum Gasteiger partial charge on any atom is 0.265 e. The number of nitrogens with one attached hydrogen (secondary N) is 1. The third kappa shape index (κ3) is 2.56. The molecule has 0 radical (unpaired) electrons. The van der Waals surface area contributed by atoms with Crippen LogP contribution >= 0.6 is 0 Å². The number of hydrogen-bond acceptors (Lipinski definition) is 3. The fourth-order valence-corrected chi connectivity index (χ4v) is 2.35. The van der Waals surface area contributed by atoms with Gasteiger partial charge >= 0.3 is 0 Å². The van der Waals surface area contributed by atoms with Crippen molar-refractivity contribution in [2.75, 3.05) is 13.2 Å². The van der Waals surface area contributed by atoms with E-state index in [9.17, 15) is 9.59 Å². The molecule has 1 unspecified atom stereocenters. The quantitative estimate of drug-likeness (QED) is 0.791. The van der Waals surface area contributed by atoms with E-state index in [0.717, 1.165) is 4.90 Å². The highest BCUT2D eigenvalue weighted by molar-refractivity contribution is 6.21. The summed E-state index contributed by atoms with van der Waals surface area (Å²) in [6.45, 7) is 4.98. The molecule has 1 aromatic carbocycles. The van der Waals surface area contributed by atoms with E-state index in [-0.39, 0.29) is 17.9 Å². The highest BCUT2D eigenvalue weighted by Gasteiger charge is 2.37. The van der Waals surface area contributed by atoms with E-state index >= 15 is 0 Å². The van der Waals surface area contributed by atoms with Crippen LogP contribution in [0.5, 0.6) is 0 Å². The first-order valence-electron chi connectivity index (χ1n) is 6.73. The zero-order chi connectivity index (χ0) is 14.7. The number of imide groups is 1. The normalized spacial score (nSPS) is 15.4. The number of carbonyl (C=O) groups is 2. The van der Waals surface area contributed by atoms with Crippen LogP contribution in [0.4, 0.5) is 0 Å². The van der Waals surface area contributed by atoms with Crippen LogP contribution in [0.2, 0.25) is 0 Å². The Kier molecular flexibility index (Phi) is 4.16. The van der Waals surface area contributed by atoms with Crippen molar-refractivity contribution in [2.24, 2.45) is 0 Å². The maximum absolute atomic E-state index is 12.3. The molecule has 5 nitrogen and oxygen atoms in total. The standard InChI is InChI=1S/C15H17N3O2/c1-11(2)17(9-5-8-16)10-18-14(19)12-6-3-4-7-13(12)15(18)20/h3-4,6-7,11H,5,9-10H2,1-2H3/p+1. The molecule has 5 heteroatoms. The summed E-state index contributed by atoms with van der Waals surface area (Å²) in [7, 11) is 0. The molecule has 1 atom stereocenters. The highest BCUT2D eigenvalue weighted by atomic mass is 16.2. The molecular weight excluding hydrogens is 254 g/mol. The second-order valence-corrected chi connectivity index (χ2v) is 5.21. The SMILES string of the molecule is CC(C)[NH+](CCC#N)CN1C(=O)c2ccccc2C1=O. The number of rotatable bonds is 5. The first-order valence-corrected chi connectivity index (χ1v) is 6.73. The predicted molar refractivity (Wildman–Crippen MR) is 73.0 cm³/mol. The number of amides is 2. The lowest BCUT2D eigenvalue weighted by atomic mass is 10.1. The number of hydrogen-bond donors (Lipinski definition) is 1. The lowest BCUT2D eigenvalue weighted by Gasteiger charge is -2.26. The molecule has 1 aromatic rings. The molecule has 1 N–H and O–H groups in total. The van der Waals surface area contributed by atoms with E-state index < -0.39 is 0 Å². The Balaban J connectivity index is 2.17. The van der Waals surface area contributed by atoms with Gasteiger partial charge in [-0.05, 0) is 26.0 Å². The topological polar surface area (TPSA) is 65.6 Å². The summed E-state index contributed by atoms with van der Waals surface area (Å²) in [6, 6.07) is 9.23. The van der Waals surface area contributed by atoms with Crippen LogP contribution in [0, 0.1) is 11.3 Å². The third-order valence-electron chi connectivity index (χ3n) is 3.61. The second kappa shape index (κ2) is 5.85. The fraction of sp³-hybridized carbons (Fsp3) is 0.400. The summed E-state index contributed by atoms with van der Waals surface area (Å²) in [5.74, 6) is -0.471. The molecule has 1 aliphatic heterocycles. The van der Waals surface area contributed by atoms with E-state index in [1.54, 1.807) is 24.3 Å². The molecule has 0 spiro atoms. The lowest BCUT2D eigenvalue weighted by Crippen LogP contribution is -3.16. The van der Waals surface area contributed by atoms with Gasteiger partial charge in [-0.25, -0.2) is 4.90 Å². The van der Waals surface area contributed by atoms with Crippen LogP contribution in [-0.4, -0.2) is 36.0 Å². The van der Waals surface area contributed by atoms with Gasteiger partial charge < -0.3 is 4.90 Å². The van der Waals surface area contributed by atoms with Crippen molar-refractivity contribution >= 4 is 11.8 Å². The summed E-state index contributed by atoms with van der Waals surface area (Å²) in [4.78, 5) is 26.9. The molecule has 0 saturated carbocycles. The van der Waals surface area contributed by atoms with Crippen LogP contribution in [-0.2, 0) is 0 Å². The van der Waals surface area contributed by atoms with Crippen LogP contribution in [0.15, 0.2) is 24.3 Å². The Morgan fingerprint density at radius 1 is 1.20 bits per heavy atom. The molecule has 2 amide bonds. The lowest BCUT2D eigenvalue weighted by molar-refractivity contribution is -0.927. The average molecular weight is 272 g/mol. The summed E-state index contributed by atoms with van der Waals surface area (Å²) >= 11 is 0. The van der Waals surface area contributed by atoms with Gasteiger partial charge in [-0.2, -0.15) is 5.26 Å². The largest absolute Gasteiger partial charge is 0.315 e. The number of fused-ring (bicyclic) bond motifs is 1. The molecule has 0 fully saturated rings. The van der Waals surface area contributed by atoms with Gasteiger partial charge in [0.25, 0.3) is 11.8 Å². The zero-order valence-corrected chi connectivity index (χ0v) is 11.7. The van der Waals surface area contributed by atoms with Gasteiger partial charge in [-0.15, -0.1) is 0 Å². The third-order valence-corrected chi connectivity index (χ3v) is 3.61. The van der Waals surface area contributed by atoms with Gasteiger partial charge in [-0.3, -0.25) is 9.59 Å². The number of nitriles is 1. The minimum absolute atomic E-state index is 0.235. The molecule has 2 rings (SSSR count). The smallest absolute Gasteiger partial charge is 0.265 e. The zero-order valence-electron chi connectivity index (χ0n) is 11.7. The molecular formula is C15H18N3O2+. The molecule has 0 saturated heterocycles. The van der Waals surface area contributed by atoms with Gasteiger partial charge in [0, 0.05) is 0 Å². The average Bonchev–Trinajstić information content (AvgIpc) is 2.68. The predicted octanol–water partition coefficient (Wildman–Crippen LogP) is 0.447. The summed E-state index contributed by atoms with van der Waals surface area (Å²) in [6.07, 6.45) is 0.413. The van der Waals surface area contributed by atoms with Gasteiger partial charge in [0.1, 0.15) is 0 Å². The molecule has 1 heterocycles. The van der Waals surface area contributed by atoms with Crippen molar-refractivity contribution in [3.05, 3.63) is 35.4 Å². The summed E-state index contributed by atoms with van der Waals surface area (Å²) in [5.41, 5.74) is 0.946. The van der Waals surface area contributed by atoms with Crippen LogP contribution in [0.1, 0.15) is 41.0 Å². The molecule has 1 aliphatic rings. The van der Waals surface area contributed by atoms with Crippen LogP contribution < -0.4 is 4.90 Å². The minimum Gasteiger partial charge on any atom is -0.315 e. The molecule has 104 valence electrons. The number of nitrogens with zero attached hydrogens (tertiary/aromatic N) is 2. The van der Waals surface area contributed by atoms with Crippen molar-refractivity contribution in [3.8, 4) is 6.07 Å². The Bertz CT molecular complexity index is 540. The van der Waals surface area contributed by atoms with Crippen molar-refractivity contribution < 1.29 is 14.5 Å². The number of benzene rings is 1. The van der Waals surface area contributed by atoms with Crippen LogP contribution in [0.25, 0.3) is 0 Å². The number of quaternary nitrogens is 1. The van der Waals surface area contributed by atoms with Crippen LogP contribution in [0.3, 0.4) is 0 Å². The molecule has 0 bridgehead atoms. The minimum atomic E-state index is -0.235. The van der Waals surface area contributed by atoms with E-state index in [2.05, 4.69) is 6.07 Å². The maximum atomic E-state index is 12.3. The fourth-order valence-electron chi connectivity index (χ4n) is 2.35. The summed E-state index contributed by atoms with van der Waals surface area (Å²) in [5, 5.41) is 8.69. The Labute approximate surface area is 118 Å². The first kappa shape index (κ1) is 14.2. The number of carbonyl (C=O) groups excluding carboxylic acids is 2. The molecule has 20 heavy (non-hydrogen) atoms. The second-order valence-electron chi connectivity index (χ2n) is 5.21. The van der Waals surface area contributed by atoms with E-state index in [1.165, 1.54) is 4.90 Å². The van der Waals surface area contributed by atoms with E-state index in [0.29, 0.717) is 30.8 Å². The monoisotopic (exact) mass is 272 g/mol.